The van der Waals surface area contributed by atoms with Crippen molar-refractivity contribution in [2.45, 2.75) is 44.1 Å². The summed E-state index contributed by atoms with van der Waals surface area (Å²) in [5.74, 6) is -0.503. The molecule has 2 fully saturated rings. The standard InChI is InChI=1S/C19H25FN2O3/c1-14(23)17(24)21-10-12-22(13-11-21)18(25)19(8-2-3-9-19)15-4-6-16(20)7-5-15/h4-7,14,23H,2-3,8-13H2,1H3. The largest absolute Gasteiger partial charge is 0.384 e. The molecule has 1 atom stereocenters. The maximum atomic E-state index is 13.3. The summed E-state index contributed by atoms with van der Waals surface area (Å²) in [6.07, 6.45) is 2.53. The summed E-state index contributed by atoms with van der Waals surface area (Å²) in [7, 11) is 0. The van der Waals surface area contributed by atoms with E-state index in [4.69, 9.17) is 0 Å². The first-order valence-corrected chi connectivity index (χ1v) is 8.96. The number of halogens is 1. The minimum absolute atomic E-state index is 0.0840. The van der Waals surface area contributed by atoms with E-state index in [1.54, 1.807) is 17.0 Å². The second kappa shape index (κ2) is 7.12. The van der Waals surface area contributed by atoms with E-state index in [2.05, 4.69) is 0 Å². The van der Waals surface area contributed by atoms with Gasteiger partial charge in [-0.1, -0.05) is 25.0 Å². The molecule has 6 heteroatoms. The van der Waals surface area contributed by atoms with E-state index >= 15 is 0 Å². The van der Waals surface area contributed by atoms with Gasteiger partial charge in [-0.05, 0) is 37.5 Å². The number of aliphatic hydroxyl groups excluding tert-OH is 1. The molecule has 2 amide bonds. The summed E-state index contributed by atoms with van der Waals surface area (Å²) in [5.41, 5.74) is 0.323. The number of nitrogens with zero attached hydrogens (tertiary/aromatic N) is 2. The first-order chi connectivity index (χ1) is 11.9. The van der Waals surface area contributed by atoms with Crippen molar-refractivity contribution in [1.29, 1.82) is 0 Å². The summed E-state index contributed by atoms with van der Waals surface area (Å²) < 4.78 is 13.3. The van der Waals surface area contributed by atoms with Crippen molar-refractivity contribution in [3.8, 4) is 0 Å². The second-order valence-electron chi connectivity index (χ2n) is 7.09. The van der Waals surface area contributed by atoms with Gasteiger partial charge in [0.25, 0.3) is 5.91 Å². The Morgan fingerprint density at radius 1 is 1.04 bits per heavy atom. The highest BCUT2D eigenvalue weighted by Gasteiger charge is 2.45. The van der Waals surface area contributed by atoms with Gasteiger partial charge in [-0.15, -0.1) is 0 Å². The molecule has 1 heterocycles. The van der Waals surface area contributed by atoms with Crippen LogP contribution in [0.4, 0.5) is 4.39 Å². The normalized spacial score (nSPS) is 21.2. The Hall–Kier alpha value is -1.95. The summed E-state index contributed by atoms with van der Waals surface area (Å²) in [4.78, 5) is 28.6. The lowest BCUT2D eigenvalue weighted by Crippen LogP contribution is -2.56. The van der Waals surface area contributed by atoms with Crippen LogP contribution in [-0.2, 0) is 15.0 Å². The number of piperazine rings is 1. The topological polar surface area (TPSA) is 60.9 Å². The molecule has 0 radical (unpaired) electrons. The van der Waals surface area contributed by atoms with Crippen LogP contribution in [0.25, 0.3) is 0 Å². The number of aliphatic hydroxyl groups is 1. The number of hydrogen-bond donors (Lipinski definition) is 1. The van der Waals surface area contributed by atoms with E-state index < -0.39 is 11.5 Å². The third-order valence-electron chi connectivity index (χ3n) is 5.50. The van der Waals surface area contributed by atoms with Gasteiger partial charge in [0.15, 0.2) is 0 Å². The minimum atomic E-state index is -1.01. The van der Waals surface area contributed by atoms with Crippen molar-refractivity contribution in [3.63, 3.8) is 0 Å². The van der Waals surface area contributed by atoms with Crippen LogP contribution in [0.5, 0.6) is 0 Å². The highest BCUT2D eigenvalue weighted by Crippen LogP contribution is 2.42. The van der Waals surface area contributed by atoms with E-state index in [-0.39, 0.29) is 17.6 Å². The molecule has 1 aliphatic heterocycles. The second-order valence-corrected chi connectivity index (χ2v) is 7.09. The monoisotopic (exact) mass is 348 g/mol. The van der Waals surface area contributed by atoms with Crippen LogP contribution in [-0.4, -0.2) is 59.0 Å². The van der Waals surface area contributed by atoms with E-state index in [1.165, 1.54) is 19.1 Å². The third-order valence-corrected chi connectivity index (χ3v) is 5.50. The maximum Gasteiger partial charge on any atom is 0.251 e. The average molecular weight is 348 g/mol. The smallest absolute Gasteiger partial charge is 0.251 e. The molecule has 1 aromatic rings. The molecule has 2 aliphatic rings. The Labute approximate surface area is 147 Å². The fourth-order valence-corrected chi connectivity index (χ4v) is 4.07. The molecule has 136 valence electrons. The van der Waals surface area contributed by atoms with E-state index in [0.29, 0.717) is 26.2 Å². The molecule has 25 heavy (non-hydrogen) atoms. The zero-order valence-corrected chi connectivity index (χ0v) is 14.6. The van der Waals surface area contributed by atoms with Crippen LogP contribution in [0, 0.1) is 5.82 Å². The fraction of sp³-hybridized carbons (Fsp3) is 0.579. The summed E-state index contributed by atoms with van der Waals surface area (Å²) in [6.45, 7) is 3.28. The molecule has 1 N–H and O–H groups in total. The molecule has 1 aromatic carbocycles. The lowest BCUT2D eigenvalue weighted by Gasteiger charge is -2.40. The minimum Gasteiger partial charge on any atom is -0.384 e. The van der Waals surface area contributed by atoms with Crippen LogP contribution in [0.3, 0.4) is 0 Å². The van der Waals surface area contributed by atoms with Gasteiger partial charge in [-0.3, -0.25) is 9.59 Å². The molecule has 5 nitrogen and oxygen atoms in total. The van der Waals surface area contributed by atoms with Gasteiger partial charge in [0.05, 0.1) is 5.41 Å². The fourth-order valence-electron chi connectivity index (χ4n) is 4.07. The number of rotatable bonds is 3. The number of benzene rings is 1. The van der Waals surface area contributed by atoms with Gasteiger partial charge >= 0.3 is 0 Å². The first kappa shape index (κ1) is 17.9. The molecule has 0 bridgehead atoms. The molecule has 1 saturated carbocycles. The Bertz CT molecular complexity index is 631. The van der Waals surface area contributed by atoms with Gasteiger partial charge in [0.1, 0.15) is 11.9 Å². The number of hydrogen-bond acceptors (Lipinski definition) is 3. The highest BCUT2D eigenvalue weighted by molar-refractivity contribution is 5.89. The molecule has 0 aromatic heterocycles. The molecule has 3 rings (SSSR count). The van der Waals surface area contributed by atoms with E-state index in [9.17, 15) is 19.1 Å². The number of carbonyl (C=O) groups is 2. The zero-order chi connectivity index (χ0) is 18.0. The van der Waals surface area contributed by atoms with Gasteiger partial charge in [-0.2, -0.15) is 0 Å². The SMILES string of the molecule is CC(O)C(=O)N1CCN(C(=O)C2(c3ccc(F)cc3)CCCC2)CC1. The van der Waals surface area contributed by atoms with Gasteiger partial charge in [-0.25, -0.2) is 4.39 Å². The van der Waals surface area contributed by atoms with Crippen molar-refractivity contribution < 1.29 is 19.1 Å². The zero-order valence-electron chi connectivity index (χ0n) is 14.6. The molecule has 1 unspecified atom stereocenters. The predicted molar refractivity (Wildman–Crippen MR) is 91.4 cm³/mol. The average Bonchev–Trinajstić information content (AvgIpc) is 3.12. The van der Waals surface area contributed by atoms with Gasteiger partial charge in [0.2, 0.25) is 5.91 Å². The predicted octanol–water partition coefficient (Wildman–Crippen LogP) is 1.69. The molecular weight excluding hydrogens is 323 g/mol. The van der Waals surface area contributed by atoms with E-state index in [1.807, 2.05) is 4.90 Å². The molecular formula is C19H25FN2O3. The molecule has 1 saturated heterocycles. The maximum absolute atomic E-state index is 13.3. The number of carbonyl (C=O) groups excluding carboxylic acids is 2. The van der Waals surface area contributed by atoms with Crippen LogP contribution in [0.2, 0.25) is 0 Å². The van der Waals surface area contributed by atoms with Crippen LogP contribution in [0.1, 0.15) is 38.2 Å². The summed E-state index contributed by atoms with van der Waals surface area (Å²) in [6, 6.07) is 6.29. The van der Waals surface area contributed by atoms with Crippen molar-refractivity contribution in [3.05, 3.63) is 35.6 Å². The van der Waals surface area contributed by atoms with E-state index in [0.717, 1.165) is 31.2 Å². The van der Waals surface area contributed by atoms with Crippen molar-refractivity contribution >= 4 is 11.8 Å². The van der Waals surface area contributed by atoms with Crippen molar-refractivity contribution in [2.24, 2.45) is 0 Å². The molecule has 1 aliphatic carbocycles. The lowest BCUT2D eigenvalue weighted by molar-refractivity contribution is -0.147. The van der Waals surface area contributed by atoms with Crippen molar-refractivity contribution in [2.75, 3.05) is 26.2 Å². The highest BCUT2D eigenvalue weighted by atomic mass is 19.1. The Kier molecular flexibility index (Phi) is 5.08. The first-order valence-electron chi connectivity index (χ1n) is 8.96. The number of amides is 2. The Morgan fingerprint density at radius 3 is 2.08 bits per heavy atom. The summed E-state index contributed by atoms with van der Waals surface area (Å²) in [5, 5.41) is 9.43. The van der Waals surface area contributed by atoms with Crippen LogP contribution in [0.15, 0.2) is 24.3 Å². The van der Waals surface area contributed by atoms with Gasteiger partial charge in [0, 0.05) is 26.2 Å². The Balaban J connectivity index is 1.74. The van der Waals surface area contributed by atoms with Crippen LogP contribution >= 0.6 is 0 Å². The lowest BCUT2D eigenvalue weighted by atomic mass is 9.77. The molecule has 0 spiro atoms. The van der Waals surface area contributed by atoms with Crippen molar-refractivity contribution in [1.82, 2.24) is 9.80 Å². The summed E-state index contributed by atoms with van der Waals surface area (Å²) >= 11 is 0. The third kappa shape index (κ3) is 3.40. The van der Waals surface area contributed by atoms with Gasteiger partial charge < -0.3 is 14.9 Å². The Morgan fingerprint density at radius 2 is 1.56 bits per heavy atom. The quantitative estimate of drug-likeness (QED) is 0.904. The van der Waals surface area contributed by atoms with Crippen LogP contribution < -0.4 is 0 Å².